The maximum absolute atomic E-state index is 8.59. The van der Waals surface area contributed by atoms with Crippen LogP contribution in [0.3, 0.4) is 0 Å². The number of hydrogen-bond acceptors (Lipinski definition) is 1. The van der Waals surface area contributed by atoms with Crippen LogP contribution in [0.1, 0.15) is 16.5 Å². The molecule has 1 aromatic rings. The van der Waals surface area contributed by atoms with Gasteiger partial charge in [0.2, 0.25) is 0 Å². The van der Waals surface area contributed by atoms with Gasteiger partial charge in [0.1, 0.15) is 5.38 Å². The van der Waals surface area contributed by atoms with Crippen LogP contribution >= 0.6 is 23.2 Å². The summed E-state index contributed by atoms with van der Waals surface area (Å²) in [4.78, 5) is 0. The van der Waals surface area contributed by atoms with Crippen LogP contribution < -0.4 is 0 Å². The van der Waals surface area contributed by atoms with Crippen molar-refractivity contribution in [2.45, 2.75) is 17.7 Å². The van der Waals surface area contributed by atoms with Gasteiger partial charge in [-0.15, -0.1) is 23.2 Å². The van der Waals surface area contributed by atoms with Gasteiger partial charge in [-0.3, -0.25) is 0 Å². The van der Waals surface area contributed by atoms with Gasteiger partial charge in [0, 0.05) is 0 Å². The van der Waals surface area contributed by atoms with E-state index in [9.17, 15) is 0 Å². The maximum Gasteiger partial charge on any atom is 0.140 e. The molecule has 0 fully saturated rings. The van der Waals surface area contributed by atoms with E-state index in [0.717, 1.165) is 11.1 Å². The molecule has 2 unspecified atom stereocenters. The van der Waals surface area contributed by atoms with Gasteiger partial charge in [-0.1, -0.05) is 24.3 Å². The Morgan fingerprint density at radius 3 is 2.46 bits per heavy atom. The molecule has 0 radical (unpaired) electrons. The molecule has 0 N–H and O–H groups in total. The fourth-order valence-corrected chi connectivity index (χ4v) is 1.56. The van der Waals surface area contributed by atoms with Crippen molar-refractivity contribution < 1.29 is 0 Å². The first-order valence-electron chi connectivity index (χ1n) is 3.90. The van der Waals surface area contributed by atoms with Crippen molar-refractivity contribution in [3.05, 3.63) is 35.4 Å². The molecule has 1 nitrogen and oxygen atoms in total. The van der Waals surface area contributed by atoms with Crippen LogP contribution in [0.25, 0.3) is 0 Å². The van der Waals surface area contributed by atoms with Crippen LogP contribution in [0.15, 0.2) is 24.3 Å². The molecule has 1 rings (SSSR count). The van der Waals surface area contributed by atoms with Gasteiger partial charge < -0.3 is 0 Å². The highest BCUT2D eigenvalue weighted by Gasteiger charge is 2.19. The van der Waals surface area contributed by atoms with Gasteiger partial charge >= 0.3 is 0 Å². The number of rotatable bonds is 2. The molecule has 13 heavy (non-hydrogen) atoms. The van der Waals surface area contributed by atoms with Crippen molar-refractivity contribution in [2.75, 3.05) is 0 Å². The van der Waals surface area contributed by atoms with Gasteiger partial charge in [0.05, 0.1) is 11.4 Å². The molecule has 0 spiro atoms. The average Bonchev–Trinajstić information content (AvgIpc) is 2.16. The normalized spacial score (nSPS) is 14.6. The van der Waals surface area contributed by atoms with Crippen molar-refractivity contribution in [3.8, 4) is 6.07 Å². The first-order chi connectivity index (χ1) is 6.16. The molecule has 0 bridgehead atoms. The van der Waals surface area contributed by atoms with E-state index in [1.807, 2.05) is 37.3 Å². The van der Waals surface area contributed by atoms with E-state index in [2.05, 4.69) is 0 Å². The van der Waals surface area contributed by atoms with E-state index in [4.69, 9.17) is 28.5 Å². The minimum absolute atomic E-state index is 0.437. The molecule has 0 amide bonds. The second-order valence-corrected chi connectivity index (χ2v) is 3.73. The smallest absolute Gasteiger partial charge is 0.140 e. The van der Waals surface area contributed by atoms with Crippen LogP contribution in [0.4, 0.5) is 0 Å². The second kappa shape index (κ2) is 4.50. The standard InChI is InChI=1S/C10H9Cl2N/c1-7-4-2-3-5-8(7)10(12)9(11)6-13/h2-5,9-10H,1H3. The summed E-state index contributed by atoms with van der Waals surface area (Å²) in [6.45, 7) is 1.95. The molecule has 0 heterocycles. The molecular weight excluding hydrogens is 205 g/mol. The molecule has 2 atom stereocenters. The third-order valence-corrected chi connectivity index (χ3v) is 2.83. The Hall–Kier alpha value is -0.710. The Morgan fingerprint density at radius 2 is 1.92 bits per heavy atom. The Kier molecular flexibility index (Phi) is 3.59. The van der Waals surface area contributed by atoms with E-state index in [1.54, 1.807) is 0 Å². The lowest BCUT2D eigenvalue weighted by Gasteiger charge is -2.12. The molecule has 0 saturated heterocycles. The molecule has 68 valence electrons. The molecule has 0 aliphatic rings. The zero-order chi connectivity index (χ0) is 9.84. The zero-order valence-electron chi connectivity index (χ0n) is 7.17. The maximum atomic E-state index is 8.59. The minimum atomic E-state index is -0.678. The fraction of sp³-hybridized carbons (Fsp3) is 0.300. The molecular formula is C10H9Cl2N. The summed E-state index contributed by atoms with van der Waals surface area (Å²) in [5.74, 6) is 0. The van der Waals surface area contributed by atoms with E-state index in [-0.39, 0.29) is 0 Å². The number of nitriles is 1. The van der Waals surface area contributed by atoms with Crippen LogP contribution in [0.2, 0.25) is 0 Å². The molecule has 0 aromatic heterocycles. The summed E-state index contributed by atoms with van der Waals surface area (Å²) in [6.07, 6.45) is 0. The fourth-order valence-electron chi connectivity index (χ4n) is 1.12. The SMILES string of the molecule is Cc1ccccc1C(Cl)C(Cl)C#N. The number of aryl methyl sites for hydroxylation is 1. The predicted molar refractivity (Wildman–Crippen MR) is 55.0 cm³/mol. The third kappa shape index (κ3) is 2.37. The van der Waals surface area contributed by atoms with Crippen LogP contribution in [-0.2, 0) is 0 Å². The average molecular weight is 214 g/mol. The van der Waals surface area contributed by atoms with Gasteiger partial charge in [-0.25, -0.2) is 0 Å². The molecule has 0 aliphatic carbocycles. The predicted octanol–water partition coefficient (Wildman–Crippen LogP) is 3.41. The van der Waals surface area contributed by atoms with Crippen molar-refractivity contribution in [3.63, 3.8) is 0 Å². The number of halogens is 2. The van der Waals surface area contributed by atoms with Gasteiger partial charge in [-0.2, -0.15) is 5.26 Å². The quantitative estimate of drug-likeness (QED) is 0.692. The summed E-state index contributed by atoms with van der Waals surface area (Å²) < 4.78 is 0. The van der Waals surface area contributed by atoms with E-state index < -0.39 is 10.8 Å². The van der Waals surface area contributed by atoms with Crippen LogP contribution in [0.5, 0.6) is 0 Å². The van der Waals surface area contributed by atoms with Gasteiger partial charge in [-0.05, 0) is 18.1 Å². The molecule has 3 heteroatoms. The van der Waals surface area contributed by atoms with Crippen molar-refractivity contribution in [1.82, 2.24) is 0 Å². The van der Waals surface area contributed by atoms with Crippen molar-refractivity contribution in [1.29, 1.82) is 5.26 Å². The van der Waals surface area contributed by atoms with E-state index in [0.29, 0.717) is 0 Å². The number of hydrogen-bond donors (Lipinski definition) is 0. The molecule has 0 aliphatic heterocycles. The highest BCUT2D eigenvalue weighted by Crippen LogP contribution is 2.29. The van der Waals surface area contributed by atoms with E-state index >= 15 is 0 Å². The zero-order valence-corrected chi connectivity index (χ0v) is 8.68. The second-order valence-electron chi connectivity index (χ2n) is 2.79. The first kappa shape index (κ1) is 10.4. The lowest BCUT2D eigenvalue weighted by atomic mass is 10.0. The third-order valence-electron chi connectivity index (χ3n) is 1.87. The van der Waals surface area contributed by atoms with Gasteiger partial charge in [0.25, 0.3) is 0 Å². The van der Waals surface area contributed by atoms with Crippen molar-refractivity contribution in [2.24, 2.45) is 0 Å². The Bertz CT molecular complexity index is 330. The first-order valence-corrected chi connectivity index (χ1v) is 4.77. The summed E-state index contributed by atoms with van der Waals surface area (Å²) in [6, 6.07) is 9.58. The monoisotopic (exact) mass is 213 g/mol. The Labute approximate surface area is 87.9 Å². The lowest BCUT2D eigenvalue weighted by molar-refractivity contribution is 0.960. The Balaban J connectivity index is 2.96. The largest absolute Gasteiger partial charge is 0.197 e. The number of nitrogens with zero attached hydrogens (tertiary/aromatic N) is 1. The van der Waals surface area contributed by atoms with Crippen LogP contribution in [-0.4, -0.2) is 5.38 Å². The molecule has 0 saturated carbocycles. The summed E-state index contributed by atoms with van der Waals surface area (Å²) in [7, 11) is 0. The topological polar surface area (TPSA) is 23.8 Å². The Morgan fingerprint density at radius 1 is 1.31 bits per heavy atom. The minimum Gasteiger partial charge on any atom is -0.197 e. The van der Waals surface area contributed by atoms with E-state index in [1.165, 1.54) is 0 Å². The summed E-state index contributed by atoms with van der Waals surface area (Å²) in [5.41, 5.74) is 1.98. The van der Waals surface area contributed by atoms with Gasteiger partial charge in [0.15, 0.2) is 0 Å². The lowest BCUT2D eigenvalue weighted by Crippen LogP contribution is -2.05. The highest BCUT2D eigenvalue weighted by molar-refractivity contribution is 6.31. The number of benzene rings is 1. The van der Waals surface area contributed by atoms with Crippen LogP contribution in [0, 0.1) is 18.3 Å². The summed E-state index contributed by atoms with van der Waals surface area (Å²) in [5, 5.41) is 7.48. The number of alkyl halides is 2. The van der Waals surface area contributed by atoms with Crippen molar-refractivity contribution >= 4 is 23.2 Å². The molecule has 1 aromatic carbocycles. The highest BCUT2D eigenvalue weighted by atomic mass is 35.5. The summed E-state index contributed by atoms with van der Waals surface area (Å²) >= 11 is 11.7.